The molecule has 1 aromatic rings. The number of hydrogen-bond donors (Lipinski definition) is 1. The first kappa shape index (κ1) is 12.6. The molecule has 18 heavy (non-hydrogen) atoms. The van der Waals surface area contributed by atoms with Gasteiger partial charge in [-0.2, -0.15) is 0 Å². The molecule has 0 unspecified atom stereocenters. The summed E-state index contributed by atoms with van der Waals surface area (Å²) in [5, 5.41) is 0. The molecule has 3 nitrogen and oxygen atoms in total. The third kappa shape index (κ3) is 2.49. The van der Waals surface area contributed by atoms with Crippen molar-refractivity contribution < 1.29 is 8.42 Å². The Bertz CT molecular complexity index is 542. The predicted octanol–water partition coefficient (Wildman–Crippen LogP) is 2.83. The molecule has 1 N–H and O–H groups in total. The van der Waals surface area contributed by atoms with E-state index in [1.165, 1.54) is 25.7 Å². The van der Waals surface area contributed by atoms with Gasteiger partial charge in [0, 0.05) is 15.8 Å². The lowest BCUT2D eigenvalue weighted by molar-refractivity contribution is 0.471. The highest BCUT2D eigenvalue weighted by Crippen LogP contribution is 2.45. The van der Waals surface area contributed by atoms with Crippen molar-refractivity contribution in [2.75, 3.05) is 0 Å². The first-order valence-electron chi connectivity index (χ1n) is 6.57. The van der Waals surface area contributed by atoms with Crippen LogP contribution in [0, 0.1) is 25.7 Å². The zero-order valence-corrected chi connectivity index (χ0v) is 12.4. The van der Waals surface area contributed by atoms with E-state index < -0.39 is 10.0 Å². The second-order valence-electron chi connectivity index (χ2n) is 5.60. The molecule has 2 fully saturated rings. The summed E-state index contributed by atoms with van der Waals surface area (Å²) < 4.78 is 27.8. The molecule has 3 rings (SSSR count). The van der Waals surface area contributed by atoms with Crippen LogP contribution in [-0.2, 0) is 10.0 Å². The summed E-state index contributed by atoms with van der Waals surface area (Å²) in [6.45, 7) is 3.84. The van der Waals surface area contributed by atoms with E-state index in [0.717, 1.165) is 9.75 Å². The monoisotopic (exact) mass is 285 g/mol. The van der Waals surface area contributed by atoms with Gasteiger partial charge in [0.05, 0.1) is 4.90 Å². The van der Waals surface area contributed by atoms with Crippen molar-refractivity contribution in [2.45, 2.75) is 50.5 Å². The fourth-order valence-electron chi connectivity index (χ4n) is 2.60. The molecule has 5 heteroatoms. The number of aryl methyl sites for hydroxylation is 2. The van der Waals surface area contributed by atoms with E-state index in [1.807, 2.05) is 13.8 Å². The quantitative estimate of drug-likeness (QED) is 0.904. The lowest BCUT2D eigenvalue weighted by Crippen LogP contribution is -2.38. The number of sulfonamides is 1. The van der Waals surface area contributed by atoms with E-state index >= 15 is 0 Å². The molecule has 0 amide bonds. The Morgan fingerprint density at radius 3 is 2.17 bits per heavy atom. The van der Waals surface area contributed by atoms with Gasteiger partial charge in [-0.05, 0) is 57.4 Å². The van der Waals surface area contributed by atoms with Crippen molar-refractivity contribution in [3.63, 3.8) is 0 Å². The van der Waals surface area contributed by atoms with Gasteiger partial charge >= 0.3 is 0 Å². The van der Waals surface area contributed by atoms with Gasteiger partial charge in [-0.3, -0.25) is 0 Å². The Morgan fingerprint density at radius 1 is 1.22 bits per heavy atom. The van der Waals surface area contributed by atoms with Crippen molar-refractivity contribution in [3.8, 4) is 0 Å². The van der Waals surface area contributed by atoms with Crippen LogP contribution in [0.2, 0.25) is 0 Å². The van der Waals surface area contributed by atoms with Crippen LogP contribution in [0.25, 0.3) is 0 Å². The van der Waals surface area contributed by atoms with Crippen LogP contribution in [0.4, 0.5) is 0 Å². The molecule has 0 bridgehead atoms. The van der Waals surface area contributed by atoms with Crippen LogP contribution < -0.4 is 4.72 Å². The van der Waals surface area contributed by atoms with Crippen molar-refractivity contribution in [3.05, 3.63) is 15.8 Å². The molecule has 100 valence electrons. The molecule has 1 heterocycles. The van der Waals surface area contributed by atoms with Crippen molar-refractivity contribution in [1.82, 2.24) is 4.72 Å². The molecule has 2 saturated carbocycles. The standard InChI is InChI=1S/C13H19NO2S2/c1-8-7-12(9(2)17-8)18(15,16)14-13(10-3-4-10)11-5-6-11/h7,10-11,13-14H,3-6H2,1-2H3. The Kier molecular flexibility index (Phi) is 3.03. The number of hydrogen-bond acceptors (Lipinski definition) is 3. The summed E-state index contributed by atoms with van der Waals surface area (Å²) in [5.74, 6) is 1.18. The van der Waals surface area contributed by atoms with Gasteiger partial charge in [0.2, 0.25) is 10.0 Å². The summed E-state index contributed by atoms with van der Waals surface area (Å²) in [6, 6.07) is 1.98. The minimum atomic E-state index is -3.32. The minimum Gasteiger partial charge on any atom is -0.207 e. The Hall–Kier alpha value is -0.390. The molecule has 0 atom stereocenters. The van der Waals surface area contributed by atoms with Gasteiger partial charge in [0.15, 0.2) is 0 Å². The summed E-state index contributed by atoms with van der Waals surface area (Å²) in [6.07, 6.45) is 4.74. The Morgan fingerprint density at radius 2 is 1.78 bits per heavy atom. The van der Waals surface area contributed by atoms with Gasteiger partial charge in [-0.15, -0.1) is 11.3 Å². The highest BCUT2D eigenvalue weighted by molar-refractivity contribution is 7.89. The van der Waals surface area contributed by atoms with E-state index in [4.69, 9.17) is 0 Å². The molecule has 0 radical (unpaired) electrons. The van der Waals surface area contributed by atoms with Crippen LogP contribution >= 0.6 is 11.3 Å². The molecule has 2 aliphatic rings. The summed E-state index contributed by atoms with van der Waals surface area (Å²) in [5.41, 5.74) is 0. The number of nitrogens with one attached hydrogen (secondary N) is 1. The van der Waals surface area contributed by atoms with Crippen molar-refractivity contribution >= 4 is 21.4 Å². The molecule has 0 spiro atoms. The average molecular weight is 285 g/mol. The Labute approximate surface area is 113 Å². The highest BCUT2D eigenvalue weighted by atomic mass is 32.2. The third-order valence-electron chi connectivity index (χ3n) is 3.84. The second kappa shape index (κ2) is 4.32. The third-order valence-corrected chi connectivity index (χ3v) is 6.52. The van der Waals surface area contributed by atoms with E-state index in [9.17, 15) is 8.42 Å². The second-order valence-corrected chi connectivity index (χ2v) is 8.74. The largest absolute Gasteiger partial charge is 0.241 e. The van der Waals surface area contributed by atoms with Crippen LogP contribution in [0.3, 0.4) is 0 Å². The van der Waals surface area contributed by atoms with E-state index in [2.05, 4.69) is 4.72 Å². The fourth-order valence-corrected chi connectivity index (χ4v) is 5.53. The topological polar surface area (TPSA) is 46.2 Å². The van der Waals surface area contributed by atoms with E-state index in [0.29, 0.717) is 16.7 Å². The first-order chi connectivity index (χ1) is 8.47. The molecule has 0 aromatic carbocycles. The molecule has 1 aromatic heterocycles. The van der Waals surface area contributed by atoms with Gasteiger partial charge in [0.25, 0.3) is 0 Å². The average Bonchev–Trinajstić information content (AvgIpc) is 3.14. The van der Waals surface area contributed by atoms with Gasteiger partial charge < -0.3 is 0 Å². The van der Waals surface area contributed by atoms with Gasteiger partial charge in [-0.1, -0.05) is 0 Å². The molecular formula is C13H19NO2S2. The lowest BCUT2D eigenvalue weighted by atomic mass is 10.1. The molecular weight excluding hydrogens is 266 g/mol. The molecule has 0 aliphatic heterocycles. The van der Waals surface area contributed by atoms with Gasteiger partial charge in [-0.25, -0.2) is 13.1 Å². The SMILES string of the molecule is Cc1cc(S(=O)(=O)NC(C2CC2)C2CC2)c(C)s1. The minimum absolute atomic E-state index is 0.189. The normalized spacial score (nSPS) is 20.6. The summed E-state index contributed by atoms with van der Waals surface area (Å²) in [4.78, 5) is 2.43. The molecule has 0 saturated heterocycles. The smallest absolute Gasteiger partial charge is 0.207 e. The molecule has 2 aliphatic carbocycles. The maximum absolute atomic E-state index is 12.4. The Balaban J connectivity index is 1.83. The maximum Gasteiger partial charge on any atom is 0.241 e. The first-order valence-corrected chi connectivity index (χ1v) is 8.87. The zero-order chi connectivity index (χ0) is 12.9. The number of thiophene rings is 1. The van der Waals surface area contributed by atoms with Crippen LogP contribution in [-0.4, -0.2) is 14.5 Å². The van der Waals surface area contributed by atoms with Gasteiger partial charge in [0.1, 0.15) is 0 Å². The fraction of sp³-hybridized carbons (Fsp3) is 0.692. The lowest BCUT2D eigenvalue weighted by Gasteiger charge is -2.17. The highest BCUT2D eigenvalue weighted by Gasteiger charge is 2.43. The van der Waals surface area contributed by atoms with Crippen LogP contribution in [0.1, 0.15) is 35.4 Å². The summed E-state index contributed by atoms with van der Waals surface area (Å²) >= 11 is 1.55. The number of rotatable bonds is 5. The van der Waals surface area contributed by atoms with Crippen LogP contribution in [0.5, 0.6) is 0 Å². The van der Waals surface area contributed by atoms with E-state index in [1.54, 1.807) is 17.4 Å². The van der Waals surface area contributed by atoms with Crippen molar-refractivity contribution in [2.24, 2.45) is 11.8 Å². The predicted molar refractivity (Wildman–Crippen MR) is 73.4 cm³/mol. The van der Waals surface area contributed by atoms with Crippen molar-refractivity contribution in [1.29, 1.82) is 0 Å². The van der Waals surface area contributed by atoms with E-state index in [-0.39, 0.29) is 6.04 Å². The van der Waals surface area contributed by atoms with Crippen LogP contribution in [0.15, 0.2) is 11.0 Å². The zero-order valence-electron chi connectivity index (χ0n) is 10.8. The maximum atomic E-state index is 12.4. The summed E-state index contributed by atoms with van der Waals surface area (Å²) in [7, 11) is -3.32.